The normalized spacial score (nSPS) is 12.4. The Hall–Kier alpha value is -2.13. The maximum absolute atomic E-state index is 9.63. The van der Waals surface area contributed by atoms with Gasteiger partial charge in [0.15, 0.2) is 0 Å². The van der Waals surface area contributed by atoms with E-state index in [-0.39, 0.29) is 34.0 Å². The topological polar surface area (TPSA) is 65.2 Å². The molecule has 4 nitrogen and oxygen atoms in total. The minimum Gasteiger partial charge on any atom is -0.507 e. The molecule has 0 amide bonds. The number of aliphatic imine (C=N–C) groups is 2. The van der Waals surface area contributed by atoms with Gasteiger partial charge in [0.05, 0.1) is 12.6 Å². The van der Waals surface area contributed by atoms with Crippen LogP contribution in [0.3, 0.4) is 0 Å². The molecule has 0 spiro atoms. The second kappa shape index (κ2) is 9.01. The third-order valence-corrected chi connectivity index (χ3v) is 2.94. The summed E-state index contributed by atoms with van der Waals surface area (Å²) in [6.45, 7) is 2.46. The number of para-hydroxylation sites is 2. The SMILES string of the molecule is CC(CN=Cc1ccccc1O)N=Cc1ccccc1O.[Ni+2]. The second-order valence-corrected chi connectivity index (χ2v) is 4.74. The Morgan fingerprint density at radius 2 is 1.41 bits per heavy atom. The van der Waals surface area contributed by atoms with Crippen LogP contribution in [0.4, 0.5) is 0 Å². The van der Waals surface area contributed by atoms with Gasteiger partial charge in [0, 0.05) is 23.6 Å². The molecule has 0 aromatic heterocycles. The van der Waals surface area contributed by atoms with E-state index in [2.05, 4.69) is 9.98 Å². The number of hydrogen-bond acceptors (Lipinski definition) is 4. The van der Waals surface area contributed by atoms with E-state index < -0.39 is 0 Å². The van der Waals surface area contributed by atoms with Crippen molar-refractivity contribution < 1.29 is 26.7 Å². The van der Waals surface area contributed by atoms with E-state index in [1.807, 2.05) is 19.1 Å². The Morgan fingerprint density at radius 1 is 0.909 bits per heavy atom. The average molecular weight is 341 g/mol. The van der Waals surface area contributed by atoms with Gasteiger partial charge in [-0.15, -0.1) is 0 Å². The molecule has 0 fully saturated rings. The van der Waals surface area contributed by atoms with Crippen LogP contribution in [0.2, 0.25) is 0 Å². The summed E-state index contributed by atoms with van der Waals surface area (Å²) in [5, 5.41) is 19.2. The summed E-state index contributed by atoms with van der Waals surface area (Å²) < 4.78 is 0. The van der Waals surface area contributed by atoms with Crippen molar-refractivity contribution in [1.29, 1.82) is 0 Å². The van der Waals surface area contributed by atoms with Gasteiger partial charge in [-0.2, -0.15) is 0 Å². The first-order valence-corrected chi connectivity index (χ1v) is 6.76. The van der Waals surface area contributed by atoms with Crippen LogP contribution in [0.1, 0.15) is 18.1 Å². The molecule has 5 heteroatoms. The predicted octanol–water partition coefficient (Wildman–Crippen LogP) is 3.02. The molecule has 0 aliphatic rings. The van der Waals surface area contributed by atoms with Crippen molar-refractivity contribution in [2.75, 3.05) is 6.54 Å². The van der Waals surface area contributed by atoms with Gasteiger partial charge in [0.1, 0.15) is 11.5 Å². The van der Waals surface area contributed by atoms with E-state index in [1.165, 1.54) is 0 Å². The fraction of sp³-hybridized carbons (Fsp3) is 0.176. The predicted molar refractivity (Wildman–Crippen MR) is 85.7 cm³/mol. The smallest absolute Gasteiger partial charge is 0.507 e. The molecular weight excluding hydrogens is 323 g/mol. The Balaban J connectivity index is 0.00000242. The fourth-order valence-corrected chi connectivity index (χ4v) is 1.75. The van der Waals surface area contributed by atoms with Crippen LogP contribution in [0.5, 0.6) is 11.5 Å². The molecule has 0 saturated carbocycles. The maximum Gasteiger partial charge on any atom is 2.00 e. The minimum absolute atomic E-state index is 0. The van der Waals surface area contributed by atoms with E-state index in [1.54, 1.807) is 48.8 Å². The van der Waals surface area contributed by atoms with Crippen molar-refractivity contribution in [3.63, 3.8) is 0 Å². The molecule has 22 heavy (non-hydrogen) atoms. The zero-order valence-electron chi connectivity index (χ0n) is 12.2. The summed E-state index contributed by atoms with van der Waals surface area (Å²) in [6.07, 6.45) is 3.29. The summed E-state index contributed by atoms with van der Waals surface area (Å²) in [4.78, 5) is 8.62. The van der Waals surface area contributed by atoms with Crippen molar-refractivity contribution in [1.82, 2.24) is 0 Å². The molecule has 1 unspecified atom stereocenters. The quantitative estimate of drug-likeness (QED) is 0.649. The van der Waals surface area contributed by atoms with Crippen LogP contribution >= 0.6 is 0 Å². The molecule has 0 aliphatic heterocycles. The average Bonchev–Trinajstić information content (AvgIpc) is 2.48. The van der Waals surface area contributed by atoms with E-state index in [9.17, 15) is 10.2 Å². The summed E-state index contributed by atoms with van der Waals surface area (Å²) in [5.74, 6) is 0.428. The van der Waals surface area contributed by atoms with Gasteiger partial charge in [-0.05, 0) is 31.2 Å². The molecular formula is C17H18N2NiO2+2. The van der Waals surface area contributed by atoms with Gasteiger partial charge in [0.25, 0.3) is 0 Å². The van der Waals surface area contributed by atoms with Gasteiger partial charge in [-0.3, -0.25) is 9.98 Å². The second-order valence-electron chi connectivity index (χ2n) is 4.74. The standard InChI is InChI=1S/C17H18N2O2.Ni/c1-13(19-12-15-7-3-5-9-17(15)21)10-18-11-14-6-2-4-8-16(14)20;/h2-9,11-13,20-21H,10H2,1H3;/q;+2. The Kier molecular flexibility index (Phi) is 7.34. The van der Waals surface area contributed by atoms with Crippen LogP contribution in [0.25, 0.3) is 0 Å². The van der Waals surface area contributed by atoms with Crippen molar-refractivity contribution >= 4 is 12.4 Å². The molecule has 2 aromatic rings. The molecule has 2 N–H and O–H groups in total. The summed E-state index contributed by atoms with van der Waals surface area (Å²) in [7, 11) is 0. The monoisotopic (exact) mass is 340 g/mol. The van der Waals surface area contributed by atoms with Crippen molar-refractivity contribution in [3.8, 4) is 11.5 Å². The number of phenols is 2. The summed E-state index contributed by atoms with van der Waals surface area (Å²) >= 11 is 0. The number of benzene rings is 2. The number of rotatable bonds is 5. The van der Waals surface area contributed by atoms with Gasteiger partial charge in [0.2, 0.25) is 0 Å². The largest absolute Gasteiger partial charge is 2.00 e. The van der Waals surface area contributed by atoms with Gasteiger partial charge in [-0.25, -0.2) is 0 Å². The zero-order chi connectivity index (χ0) is 15.1. The molecule has 0 radical (unpaired) electrons. The Bertz CT molecular complexity index is 657. The van der Waals surface area contributed by atoms with Crippen LogP contribution in [-0.2, 0) is 16.5 Å². The van der Waals surface area contributed by atoms with Crippen LogP contribution < -0.4 is 0 Å². The Labute approximate surface area is 140 Å². The molecule has 116 valence electrons. The van der Waals surface area contributed by atoms with Crippen molar-refractivity contribution in [2.45, 2.75) is 13.0 Å². The first kappa shape index (κ1) is 17.9. The third-order valence-electron chi connectivity index (χ3n) is 2.94. The van der Waals surface area contributed by atoms with Gasteiger partial charge in [-0.1, -0.05) is 24.3 Å². The number of phenolic OH excluding ortho intramolecular Hbond substituents is 2. The van der Waals surface area contributed by atoms with E-state index in [0.29, 0.717) is 17.7 Å². The molecule has 0 saturated heterocycles. The summed E-state index contributed by atoms with van der Waals surface area (Å²) in [6, 6.07) is 14.1. The van der Waals surface area contributed by atoms with Gasteiger partial charge < -0.3 is 10.2 Å². The van der Waals surface area contributed by atoms with Crippen molar-refractivity contribution in [2.24, 2.45) is 9.98 Å². The van der Waals surface area contributed by atoms with Crippen LogP contribution in [0, 0.1) is 0 Å². The molecule has 0 aliphatic carbocycles. The number of nitrogens with zero attached hydrogens (tertiary/aromatic N) is 2. The first-order valence-electron chi connectivity index (χ1n) is 6.76. The molecule has 0 bridgehead atoms. The van der Waals surface area contributed by atoms with Crippen molar-refractivity contribution in [3.05, 3.63) is 59.7 Å². The zero-order valence-corrected chi connectivity index (χ0v) is 13.2. The van der Waals surface area contributed by atoms with E-state index in [4.69, 9.17) is 0 Å². The molecule has 1 atom stereocenters. The van der Waals surface area contributed by atoms with E-state index >= 15 is 0 Å². The number of hydrogen-bond donors (Lipinski definition) is 2. The first-order chi connectivity index (χ1) is 10.2. The summed E-state index contributed by atoms with van der Waals surface area (Å²) in [5.41, 5.74) is 1.38. The molecule has 2 aromatic carbocycles. The van der Waals surface area contributed by atoms with Crippen LogP contribution in [0.15, 0.2) is 58.5 Å². The van der Waals surface area contributed by atoms with Crippen LogP contribution in [-0.4, -0.2) is 35.2 Å². The Morgan fingerprint density at radius 3 is 1.95 bits per heavy atom. The number of aromatic hydroxyl groups is 2. The van der Waals surface area contributed by atoms with E-state index in [0.717, 1.165) is 0 Å². The molecule has 2 rings (SSSR count). The van der Waals surface area contributed by atoms with Gasteiger partial charge >= 0.3 is 16.5 Å². The third kappa shape index (κ3) is 5.34. The molecule has 0 heterocycles. The maximum atomic E-state index is 9.63. The fourth-order valence-electron chi connectivity index (χ4n) is 1.75. The minimum atomic E-state index is -0.00767.